The van der Waals surface area contributed by atoms with Crippen LogP contribution in [0.1, 0.15) is 30.6 Å². The number of carboxylic acid groups (broad SMARTS) is 3. The minimum atomic E-state index is -1.61. The first kappa shape index (κ1) is 18.8. The molecule has 0 saturated carbocycles. The molecule has 0 bridgehead atoms. The van der Waals surface area contributed by atoms with Crippen molar-refractivity contribution in [1.29, 1.82) is 0 Å². The number of aromatic nitrogens is 2. The van der Waals surface area contributed by atoms with E-state index in [0.29, 0.717) is 0 Å². The van der Waals surface area contributed by atoms with Crippen molar-refractivity contribution in [3.8, 4) is 0 Å². The monoisotopic (exact) mass is 345 g/mol. The largest absolute Gasteiger partial charge is 0.481 e. The summed E-state index contributed by atoms with van der Waals surface area (Å²) in [6.07, 6.45) is -1.21. The number of carbonyl (C=O) groups is 4. The van der Waals surface area contributed by atoms with E-state index in [0.717, 1.165) is 0 Å². The van der Waals surface area contributed by atoms with Crippen molar-refractivity contribution >= 4 is 23.9 Å². The van der Waals surface area contributed by atoms with Crippen LogP contribution in [-0.2, 0) is 20.9 Å². The lowest BCUT2D eigenvalue weighted by molar-refractivity contribution is -0.145. The first-order valence-electron chi connectivity index (χ1n) is 6.47. The number of hydrogen-bond donors (Lipinski definition) is 6. The van der Waals surface area contributed by atoms with Crippen molar-refractivity contribution in [1.82, 2.24) is 20.8 Å². The fraction of sp³-hybridized carbons (Fsp3) is 0.455. The molecule has 7 N–H and O–H groups in total. The molecule has 2 atom stereocenters. The molecule has 0 aliphatic carbocycles. The number of nitrogens with one attached hydrogen (secondary N) is 2. The fourth-order valence-corrected chi connectivity index (χ4v) is 1.51. The van der Waals surface area contributed by atoms with E-state index in [2.05, 4.69) is 15.5 Å². The van der Waals surface area contributed by atoms with Crippen LogP contribution in [0.25, 0.3) is 0 Å². The molecule has 0 aliphatic heterocycles. The van der Waals surface area contributed by atoms with Crippen molar-refractivity contribution in [3.63, 3.8) is 0 Å². The van der Waals surface area contributed by atoms with Gasteiger partial charge in [0.05, 0.1) is 25.4 Å². The van der Waals surface area contributed by atoms with Gasteiger partial charge in [0, 0.05) is 0 Å². The van der Waals surface area contributed by atoms with Gasteiger partial charge in [-0.2, -0.15) is 4.98 Å². The third-order valence-corrected chi connectivity index (χ3v) is 2.59. The quantitative estimate of drug-likeness (QED) is 0.295. The zero-order valence-electron chi connectivity index (χ0n) is 12.1. The highest BCUT2D eigenvalue weighted by Crippen LogP contribution is 2.10. The summed E-state index contributed by atoms with van der Waals surface area (Å²) in [6, 6.07) is -3.55. The van der Waals surface area contributed by atoms with Crippen molar-refractivity contribution in [3.05, 3.63) is 11.7 Å². The molecule has 0 unspecified atom stereocenters. The Morgan fingerprint density at radius 2 is 1.75 bits per heavy atom. The van der Waals surface area contributed by atoms with Crippen LogP contribution < -0.4 is 16.4 Å². The topological polar surface area (TPSA) is 218 Å². The Labute approximate surface area is 133 Å². The maximum atomic E-state index is 11.5. The van der Waals surface area contributed by atoms with Gasteiger partial charge in [0.1, 0.15) is 6.04 Å². The minimum Gasteiger partial charge on any atom is -0.481 e. The summed E-state index contributed by atoms with van der Waals surface area (Å²) in [6.45, 7) is -0.294. The first-order valence-corrected chi connectivity index (χ1v) is 6.47. The van der Waals surface area contributed by atoms with Crippen LogP contribution >= 0.6 is 0 Å². The summed E-state index contributed by atoms with van der Waals surface area (Å²) < 4.78 is 4.75. The van der Waals surface area contributed by atoms with Crippen LogP contribution in [0.3, 0.4) is 0 Å². The fourth-order valence-electron chi connectivity index (χ4n) is 1.51. The Morgan fingerprint density at radius 3 is 2.29 bits per heavy atom. The van der Waals surface area contributed by atoms with Gasteiger partial charge in [0.15, 0.2) is 5.82 Å². The normalized spacial score (nSPS) is 12.9. The average molecular weight is 345 g/mol. The summed E-state index contributed by atoms with van der Waals surface area (Å²) in [5, 5.41) is 33.5. The Morgan fingerprint density at radius 1 is 1.12 bits per heavy atom. The maximum absolute atomic E-state index is 11.5. The molecule has 0 spiro atoms. The van der Waals surface area contributed by atoms with Crippen LogP contribution in [0.15, 0.2) is 4.52 Å². The number of rotatable bonds is 9. The first-order chi connectivity index (χ1) is 11.2. The highest BCUT2D eigenvalue weighted by molar-refractivity contribution is 5.86. The molecular formula is C11H15N5O8. The molecule has 1 aromatic heterocycles. The van der Waals surface area contributed by atoms with Gasteiger partial charge in [-0.3, -0.25) is 9.59 Å². The maximum Gasteiger partial charge on any atom is 0.326 e. The van der Waals surface area contributed by atoms with Crippen molar-refractivity contribution in [2.75, 3.05) is 0 Å². The van der Waals surface area contributed by atoms with Crippen LogP contribution in [0.5, 0.6) is 0 Å². The molecule has 1 heterocycles. The smallest absolute Gasteiger partial charge is 0.326 e. The van der Waals surface area contributed by atoms with Crippen molar-refractivity contribution < 1.29 is 39.0 Å². The zero-order valence-corrected chi connectivity index (χ0v) is 12.1. The molecule has 0 radical (unpaired) electrons. The zero-order chi connectivity index (χ0) is 18.3. The number of amides is 2. The van der Waals surface area contributed by atoms with Crippen LogP contribution in [0.2, 0.25) is 0 Å². The molecule has 24 heavy (non-hydrogen) atoms. The van der Waals surface area contributed by atoms with Gasteiger partial charge in [0.2, 0.25) is 5.89 Å². The Bertz CT molecular complexity index is 630. The standard InChI is InChI=1S/C11H15N5O8/c12-4(1-7(17)18)9-15-6(24-16-9)3-13-11(23)14-5(10(21)22)2-8(19)20/h4-5H,1-3,12H2,(H,17,18)(H,19,20)(H,21,22)(H2,13,14,23)/t4-,5-/m0/s1. The third-order valence-electron chi connectivity index (χ3n) is 2.59. The lowest BCUT2D eigenvalue weighted by Gasteiger charge is -2.12. The number of nitrogens with zero attached hydrogens (tertiary/aromatic N) is 2. The number of carbonyl (C=O) groups excluding carboxylic acids is 1. The van der Waals surface area contributed by atoms with E-state index in [1.807, 2.05) is 5.32 Å². The highest BCUT2D eigenvalue weighted by Gasteiger charge is 2.23. The molecule has 0 saturated heterocycles. The Balaban J connectivity index is 2.52. The Kier molecular flexibility index (Phi) is 6.61. The SMILES string of the molecule is N[C@@H](CC(=O)O)c1noc(CNC(=O)N[C@@H](CC(=O)O)C(=O)O)n1. The third kappa shape index (κ3) is 6.27. The Hall–Kier alpha value is -3.22. The van der Waals surface area contributed by atoms with Crippen molar-refractivity contribution in [2.24, 2.45) is 5.73 Å². The van der Waals surface area contributed by atoms with E-state index in [4.69, 9.17) is 25.6 Å². The average Bonchev–Trinajstić information content (AvgIpc) is 2.92. The second-order valence-corrected chi connectivity index (χ2v) is 4.57. The molecule has 1 aromatic rings. The molecule has 0 fully saturated rings. The molecule has 0 aromatic carbocycles. The molecule has 0 aliphatic rings. The lowest BCUT2D eigenvalue weighted by atomic mass is 10.2. The van der Waals surface area contributed by atoms with Crippen LogP contribution in [-0.4, -0.2) is 55.4 Å². The molecule has 2 amide bonds. The van der Waals surface area contributed by atoms with E-state index in [1.54, 1.807) is 0 Å². The van der Waals surface area contributed by atoms with Gasteiger partial charge >= 0.3 is 23.9 Å². The van der Waals surface area contributed by atoms with Gasteiger partial charge in [-0.1, -0.05) is 5.16 Å². The van der Waals surface area contributed by atoms with Crippen LogP contribution in [0.4, 0.5) is 4.79 Å². The van der Waals surface area contributed by atoms with E-state index in [1.165, 1.54) is 0 Å². The van der Waals surface area contributed by atoms with E-state index in [-0.39, 0.29) is 18.3 Å². The number of aliphatic carboxylic acids is 3. The van der Waals surface area contributed by atoms with Gasteiger partial charge in [-0.25, -0.2) is 9.59 Å². The molecule has 13 heteroatoms. The second-order valence-electron chi connectivity index (χ2n) is 4.57. The van der Waals surface area contributed by atoms with Crippen LogP contribution in [0, 0.1) is 0 Å². The summed E-state index contributed by atoms with van der Waals surface area (Å²) in [5.74, 6) is -4.21. The van der Waals surface area contributed by atoms with Gasteiger partial charge in [-0.15, -0.1) is 0 Å². The van der Waals surface area contributed by atoms with Gasteiger partial charge in [0.25, 0.3) is 0 Å². The number of hydrogen-bond acceptors (Lipinski definition) is 8. The number of carboxylic acids is 3. The summed E-state index contributed by atoms with van der Waals surface area (Å²) in [5.41, 5.74) is 5.52. The summed E-state index contributed by atoms with van der Waals surface area (Å²) in [7, 11) is 0. The number of nitrogens with two attached hydrogens (primary N) is 1. The van der Waals surface area contributed by atoms with Crippen molar-refractivity contribution in [2.45, 2.75) is 31.5 Å². The summed E-state index contributed by atoms with van der Waals surface area (Å²) in [4.78, 5) is 47.1. The predicted molar refractivity (Wildman–Crippen MR) is 72.5 cm³/mol. The molecule has 132 valence electrons. The highest BCUT2D eigenvalue weighted by atomic mass is 16.5. The van der Waals surface area contributed by atoms with Gasteiger partial charge < -0.3 is 36.2 Å². The predicted octanol–water partition coefficient (Wildman–Crippen LogP) is -1.73. The molecule has 1 rings (SSSR count). The lowest BCUT2D eigenvalue weighted by Crippen LogP contribution is -2.46. The van der Waals surface area contributed by atoms with E-state index >= 15 is 0 Å². The van der Waals surface area contributed by atoms with E-state index < -0.39 is 48.9 Å². The second kappa shape index (κ2) is 8.42. The summed E-state index contributed by atoms with van der Waals surface area (Å²) >= 11 is 0. The minimum absolute atomic E-state index is 0.0658. The van der Waals surface area contributed by atoms with E-state index in [9.17, 15) is 19.2 Å². The number of urea groups is 1. The van der Waals surface area contributed by atoms with Gasteiger partial charge in [-0.05, 0) is 0 Å². The molecular weight excluding hydrogens is 330 g/mol. The molecule has 13 nitrogen and oxygen atoms in total.